The van der Waals surface area contributed by atoms with Crippen LogP contribution < -0.4 is 10.2 Å². The highest BCUT2D eigenvalue weighted by molar-refractivity contribution is 5.95. The third-order valence-corrected chi connectivity index (χ3v) is 4.24. The van der Waals surface area contributed by atoms with Gasteiger partial charge in [0.05, 0.1) is 23.1 Å². The van der Waals surface area contributed by atoms with Crippen molar-refractivity contribution in [3.05, 3.63) is 71.4 Å². The maximum Gasteiger partial charge on any atom is 0.255 e. The molecule has 0 bridgehead atoms. The molecular formula is C20H22FN5O. The summed E-state index contributed by atoms with van der Waals surface area (Å²) in [4.78, 5) is 18.8. The Hall–Kier alpha value is -3.22. The lowest BCUT2D eigenvalue weighted by atomic mass is 10.1. The van der Waals surface area contributed by atoms with E-state index in [1.165, 1.54) is 12.1 Å². The first-order valence-corrected chi connectivity index (χ1v) is 8.73. The summed E-state index contributed by atoms with van der Waals surface area (Å²) >= 11 is 0. The molecule has 1 aromatic carbocycles. The molecule has 1 N–H and O–H groups in total. The average molecular weight is 367 g/mol. The summed E-state index contributed by atoms with van der Waals surface area (Å²) in [5, 5.41) is 7.25. The number of benzene rings is 1. The molecule has 0 atom stereocenters. The molecule has 0 saturated heterocycles. The average Bonchev–Trinajstić information content (AvgIpc) is 3.11. The van der Waals surface area contributed by atoms with Crippen LogP contribution in [-0.2, 0) is 13.0 Å². The number of halogens is 1. The fourth-order valence-electron chi connectivity index (χ4n) is 2.80. The van der Waals surface area contributed by atoms with E-state index in [9.17, 15) is 9.18 Å². The molecule has 0 unspecified atom stereocenters. The molecule has 7 heteroatoms. The van der Waals surface area contributed by atoms with Gasteiger partial charge in [0.1, 0.15) is 11.6 Å². The number of anilines is 1. The number of aromatic nitrogens is 3. The van der Waals surface area contributed by atoms with E-state index < -0.39 is 0 Å². The molecular weight excluding hydrogens is 345 g/mol. The highest BCUT2D eigenvalue weighted by Gasteiger charge is 2.17. The Morgan fingerprint density at radius 1 is 1.22 bits per heavy atom. The normalized spacial score (nSPS) is 10.7. The molecule has 0 aliphatic rings. The van der Waals surface area contributed by atoms with Crippen LogP contribution in [0.4, 0.5) is 10.2 Å². The summed E-state index contributed by atoms with van der Waals surface area (Å²) in [5.74, 6) is 0.333. The molecule has 0 fully saturated rings. The van der Waals surface area contributed by atoms with Crippen molar-refractivity contribution in [2.45, 2.75) is 19.9 Å². The summed E-state index contributed by atoms with van der Waals surface area (Å²) < 4.78 is 14.8. The van der Waals surface area contributed by atoms with E-state index in [-0.39, 0.29) is 11.7 Å². The van der Waals surface area contributed by atoms with Crippen molar-refractivity contribution in [1.29, 1.82) is 0 Å². The SMILES string of the molecule is CCc1c(C(=O)NCc2ccnc(N(C)C)c2)cnn1-c1ccc(F)cc1. The van der Waals surface area contributed by atoms with Crippen molar-refractivity contribution in [3.8, 4) is 5.69 Å². The van der Waals surface area contributed by atoms with Crippen LogP contribution in [0.3, 0.4) is 0 Å². The summed E-state index contributed by atoms with van der Waals surface area (Å²) in [6.07, 6.45) is 3.90. The molecule has 2 heterocycles. The Bertz CT molecular complexity index is 934. The second-order valence-electron chi connectivity index (χ2n) is 6.35. The molecule has 140 valence electrons. The van der Waals surface area contributed by atoms with E-state index >= 15 is 0 Å². The van der Waals surface area contributed by atoms with Crippen molar-refractivity contribution < 1.29 is 9.18 Å². The summed E-state index contributed by atoms with van der Waals surface area (Å²) in [7, 11) is 3.84. The lowest BCUT2D eigenvalue weighted by Crippen LogP contribution is -2.24. The molecule has 0 saturated carbocycles. The molecule has 0 aliphatic heterocycles. The Kier molecular flexibility index (Phi) is 5.49. The van der Waals surface area contributed by atoms with Crippen molar-refractivity contribution in [1.82, 2.24) is 20.1 Å². The number of pyridine rings is 1. The van der Waals surface area contributed by atoms with Gasteiger partial charge in [-0.25, -0.2) is 14.1 Å². The standard InChI is InChI=1S/C20H22FN5O/c1-4-18-17(13-24-26(18)16-7-5-15(21)6-8-16)20(27)23-12-14-9-10-22-19(11-14)25(2)3/h5-11,13H,4,12H2,1-3H3,(H,23,27). The molecule has 0 radical (unpaired) electrons. The highest BCUT2D eigenvalue weighted by atomic mass is 19.1. The zero-order valence-electron chi connectivity index (χ0n) is 15.6. The van der Waals surface area contributed by atoms with Crippen LogP contribution in [-0.4, -0.2) is 34.8 Å². The van der Waals surface area contributed by atoms with Crippen LogP contribution >= 0.6 is 0 Å². The maximum atomic E-state index is 13.2. The predicted octanol–water partition coefficient (Wildman–Crippen LogP) is 2.96. The quantitative estimate of drug-likeness (QED) is 0.728. The van der Waals surface area contributed by atoms with E-state index in [0.717, 1.165) is 22.8 Å². The first-order chi connectivity index (χ1) is 13.0. The number of carbonyl (C=O) groups excluding carboxylic acids is 1. The molecule has 6 nitrogen and oxygen atoms in total. The maximum absolute atomic E-state index is 13.2. The predicted molar refractivity (Wildman–Crippen MR) is 103 cm³/mol. The minimum Gasteiger partial charge on any atom is -0.363 e. The van der Waals surface area contributed by atoms with Gasteiger partial charge in [-0.1, -0.05) is 6.92 Å². The van der Waals surface area contributed by atoms with E-state index in [0.29, 0.717) is 18.5 Å². The van der Waals surface area contributed by atoms with E-state index in [1.807, 2.05) is 38.1 Å². The fourth-order valence-corrected chi connectivity index (χ4v) is 2.80. The number of carbonyl (C=O) groups is 1. The molecule has 1 amide bonds. The first kappa shape index (κ1) is 18.6. The van der Waals surface area contributed by atoms with Crippen LogP contribution in [0.15, 0.2) is 48.8 Å². The molecule has 2 aromatic heterocycles. The van der Waals surface area contributed by atoms with Crippen LogP contribution in [0.25, 0.3) is 5.69 Å². The Balaban J connectivity index is 1.77. The monoisotopic (exact) mass is 367 g/mol. The third-order valence-electron chi connectivity index (χ3n) is 4.24. The highest BCUT2D eigenvalue weighted by Crippen LogP contribution is 2.17. The van der Waals surface area contributed by atoms with Gasteiger partial charge in [0.2, 0.25) is 0 Å². The Morgan fingerprint density at radius 3 is 2.63 bits per heavy atom. The number of nitrogens with one attached hydrogen (secondary N) is 1. The smallest absolute Gasteiger partial charge is 0.255 e. The number of amides is 1. The lowest BCUT2D eigenvalue weighted by molar-refractivity contribution is 0.0950. The second-order valence-corrected chi connectivity index (χ2v) is 6.35. The van der Waals surface area contributed by atoms with Crippen molar-refractivity contribution in [3.63, 3.8) is 0 Å². The fraction of sp³-hybridized carbons (Fsp3) is 0.250. The lowest BCUT2D eigenvalue weighted by Gasteiger charge is -2.12. The summed E-state index contributed by atoms with van der Waals surface area (Å²) in [6, 6.07) is 9.84. The number of hydrogen-bond acceptors (Lipinski definition) is 4. The molecule has 3 aromatic rings. The van der Waals surface area contributed by atoms with E-state index in [2.05, 4.69) is 15.4 Å². The minimum absolute atomic E-state index is 0.191. The van der Waals surface area contributed by atoms with Gasteiger partial charge in [0.25, 0.3) is 5.91 Å². The van der Waals surface area contributed by atoms with Gasteiger partial charge in [0.15, 0.2) is 0 Å². The number of rotatable bonds is 6. The minimum atomic E-state index is -0.309. The van der Waals surface area contributed by atoms with Gasteiger partial charge in [-0.15, -0.1) is 0 Å². The van der Waals surface area contributed by atoms with Gasteiger partial charge in [0, 0.05) is 26.8 Å². The Morgan fingerprint density at radius 2 is 1.96 bits per heavy atom. The Labute approximate surface area is 157 Å². The molecule has 0 aliphatic carbocycles. The van der Waals surface area contributed by atoms with E-state index in [1.54, 1.807) is 29.2 Å². The molecule has 27 heavy (non-hydrogen) atoms. The zero-order chi connectivity index (χ0) is 19.4. The first-order valence-electron chi connectivity index (χ1n) is 8.73. The topological polar surface area (TPSA) is 63.1 Å². The summed E-state index contributed by atoms with van der Waals surface area (Å²) in [5.41, 5.74) is 2.98. The van der Waals surface area contributed by atoms with Gasteiger partial charge in [-0.3, -0.25) is 4.79 Å². The largest absolute Gasteiger partial charge is 0.363 e. The molecule has 3 rings (SSSR count). The van der Waals surface area contributed by atoms with Crippen molar-refractivity contribution >= 4 is 11.7 Å². The van der Waals surface area contributed by atoms with E-state index in [4.69, 9.17) is 0 Å². The van der Waals surface area contributed by atoms with Gasteiger partial charge in [-0.2, -0.15) is 5.10 Å². The summed E-state index contributed by atoms with van der Waals surface area (Å²) in [6.45, 7) is 2.35. The van der Waals surface area contributed by atoms with Crippen molar-refractivity contribution in [2.75, 3.05) is 19.0 Å². The van der Waals surface area contributed by atoms with Crippen molar-refractivity contribution in [2.24, 2.45) is 0 Å². The van der Waals surface area contributed by atoms with Crippen LogP contribution in [0.1, 0.15) is 28.5 Å². The van der Waals surface area contributed by atoms with Gasteiger partial charge >= 0.3 is 0 Å². The third kappa shape index (κ3) is 4.13. The zero-order valence-corrected chi connectivity index (χ0v) is 15.6. The second kappa shape index (κ2) is 7.99. The van der Waals surface area contributed by atoms with Gasteiger partial charge < -0.3 is 10.2 Å². The van der Waals surface area contributed by atoms with Crippen LogP contribution in [0.2, 0.25) is 0 Å². The number of nitrogens with zero attached hydrogens (tertiary/aromatic N) is 4. The van der Waals surface area contributed by atoms with Gasteiger partial charge in [-0.05, 0) is 48.4 Å². The number of hydrogen-bond donors (Lipinski definition) is 1. The van der Waals surface area contributed by atoms with Crippen LogP contribution in [0.5, 0.6) is 0 Å². The molecule has 0 spiro atoms. The van der Waals surface area contributed by atoms with Crippen LogP contribution in [0, 0.1) is 5.82 Å².